The standard InChI is InChI=1S/C6H15Cl2NSi/c1-3-9(4-2)6(10)5(7)8/h5-6H,3-4H2,1-2,10H3. The highest BCUT2D eigenvalue weighted by atomic mass is 35.5. The molecule has 1 unspecified atom stereocenters. The minimum atomic E-state index is -0.216. The number of halogens is 2. The molecule has 0 amide bonds. The average Bonchev–Trinajstić information content (AvgIpc) is 1.90. The second-order valence-electron chi connectivity index (χ2n) is 2.30. The van der Waals surface area contributed by atoms with Gasteiger partial charge in [-0.2, -0.15) is 0 Å². The molecular formula is C6H15Cl2NSi. The smallest absolute Gasteiger partial charge is 0.119 e. The molecule has 0 fully saturated rings. The highest BCUT2D eigenvalue weighted by Crippen LogP contribution is 2.10. The lowest BCUT2D eigenvalue weighted by Crippen LogP contribution is -2.39. The third-order valence-corrected chi connectivity index (χ3v) is 4.72. The number of rotatable bonds is 4. The van der Waals surface area contributed by atoms with Gasteiger partial charge < -0.3 is 4.90 Å². The number of hydrogen-bond donors (Lipinski definition) is 0. The molecule has 62 valence electrons. The number of hydrogen-bond acceptors (Lipinski definition) is 1. The fourth-order valence-electron chi connectivity index (χ4n) is 0.959. The first-order valence-corrected chi connectivity index (χ1v) is 5.68. The zero-order valence-corrected chi connectivity index (χ0v) is 10.3. The molecule has 0 rings (SSSR count). The topological polar surface area (TPSA) is 3.24 Å². The van der Waals surface area contributed by atoms with Crippen molar-refractivity contribution in [3.8, 4) is 0 Å². The second kappa shape index (κ2) is 5.41. The molecule has 1 atom stereocenters. The molecule has 0 aliphatic carbocycles. The van der Waals surface area contributed by atoms with E-state index in [0.717, 1.165) is 23.3 Å². The summed E-state index contributed by atoms with van der Waals surface area (Å²) in [6, 6.07) is 0. The van der Waals surface area contributed by atoms with Crippen LogP contribution in [-0.2, 0) is 0 Å². The Morgan fingerprint density at radius 3 is 1.80 bits per heavy atom. The van der Waals surface area contributed by atoms with Crippen LogP contribution >= 0.6 is 23.2 Å². The Morgan fingerprint density at radius 2 is 1.70 bits per heavy atom. The van der Waals surface area contributed by atoms with Crippen LogP contribution in [0.1, 0.15) is 13.8 Å². The van der Waals surface area contributed by atoms with Crippen molar-refractivity contribution in [3.63, 3.8) is 0 Å². The van der Waals surface area contributed by atoms with E-state index in [1.54, 1.807) is 0 Å². The van der Waals surface area contributed by atoms with E-state index in [9.17, 15) is 0 Å². The van der Waals surface area contributed by atoms with Gasteiger partial charge in [0.25, 0.3) is 0 Å². The van der Waals surface area contributed by atoms with Gasteiger partial charge in [-0.15, -0.1) is 23.2 Å². The molecule has 0 heterocycles. The van der Waals surface area contributed by atoms with E-state index < -0.39 is 0 Å². The summed E-state index contributed by atoms with van der Waals surface area (Å²) in [6.07, 6.45) is 0. The van der Waals surface area contributed by atoms with Gasteiger partial charge in [0.15, 0.2) is 0 Å². The van der Waals surface area contributed by atoms with E-state index >= 15 is 0 Å². The van der Waals surface area contributed by atoms with Crippen LogP contribution in [-0.4, -0.2) is 38.7 Å². The molecule has 0 aromatic heterocycles. The van der Waals surface area contributed by atoms with Gasteiger partial charge in [0, 0.05) is 15.9 Å². The normalized spacial score (nSPS) is 15.0. The fourth-order valence-corrected chi connectivity index (χ4v) is 2.01. The minimum Gasteiger partial charge on any atom is -0.302 e. The number of nitrogens with zero attached hydrogens (tertiary/aromatic N) is 1. The first-order valence-electron chi connectivity index (χ1n) is 3.65. The van der Waals surface area contributed by atoms with Crippen LogP contribution in [0.2, 0.25) is 0 Å². The summed E-state index contributed by atoms with van der Waals surface area (Å²) in [5.74, 6) is 0. The van der Waals surface area contributed by atoms with Crippen LogP contribution in [0, 0.1) is 0 Å². The zero-order chi connectivity index (χ0) is 8.15. The van der Waals surface area contributed by atoms with Crippen molar-refractivity contribution in [1.29, 1.82) is 0 Å². The fraction of sp³-hybridized carbons (Fsp3) is 1.00. The van der Waals surface area contributed by atoms with Gasteiger partial charge >= 0.3 is 0 Å². The van der Waals surface area contributed by atoms with Crippen LogP contribution in [0.25, 0.3) is 0 Å². The summed E-state index contributed by atoms with van der Waals surface area (Å²) in [4.78, 5) is 2.07. The van der Waals surface area contributed by atoms with Crippen LogP contribution in [0.3, 0.4) is 0 Å². The van der Waals surface area contributed by atoms with Crippen LogP contribution in [0.5, 0.6) is 0 Å². The minimum absolute atomic E-state index is 0.216. The molecule has 0 aliphatic rings. The van der Waals surface area contributed by atoms with E-state index in [1.165, 1.54) is 0 Å². The van der Waals surface area contributed by atoms with Crippen molar-refractivity contribution in [1.82, 2.24) is 4.90 Å². The molecular weight excluding hydrogens is 185 g/mol. The van der Waals surface area contributed by atoms with Crippen molar-refractivity contribution < 1.29 is 0 Å². The quantitative estimate of drug-likeness (QED) is 0.480. The molecule has 0 saturated heterocycles. The maximum Gasteiger partial charge on any atom is 0.119 e. The van der Waals surface area contributed by atoms with Gasteiger partial charge in [0.05, 0.1) is 0 Å². The summed E-state index contributed by atoms with van der Waals surface area (Å²) < 4.78 is 0. The van der Waals surface area contributed by atoms with Gasteiger partial charge in [-0.25, -0.2) is 0 Å². The third kappa shape index (κ3) is 3.24. The van der Waals surface area contributed by atoms with E-state index in [1.807, 2.05) is 0 Å². The van der Waals surface area contributed by atoms with Crippen molar-refractivity contribution in [2.24, 2.45) is 0 Å². The average molecular weight is 200 g/mol. The lowest BCUT2D eigenvalue weighted by molar-refractivity contribution is 0.287. The maximum absolute atomic E-state index is 5.74. The Balaban J connectivity index is 3.76. The maximum atomic E-state index is 5.74. The largest absolute Gasteiger partial charge is 0.302 e. The molecule has 0 saturated carbocycles. The molecule has 0 aromatic rings. The van der Waals surface area contributed by atoms with Crippen molar-refractivity contribution in [3.05, 3.63) is 0 Å². The summed E-state index contributed by atoms with van der Waals surface area (Å²) >= 11 is 11.5. The highest BCUT2D eigenvalue weighted by molar-refractivity contribution is 6.47. The molecule has 0 aliphatic heterocycles. The second-order valence-corrected chi connectivity index (χ2v) is 4.64. The Bertz CT molecular complexity index is 85.8. The lowest BCUT2D eigenvalue weighted by atomic mass is 10.5. The molecule has 0 radical (unpaired) electrons. The van der Waals surface area contributed by atoms with Crippen LogP contribution < -0.4 is 0 Å². The first-order chi connectivity index (χ1) is 4.63. The van der Waals surface area contributed by atoms with Gasteiger partial charge in [-0.3, -0.25) is 0 Å². The SMILES string of the molecule is CCN(CC)C([SiH3])C(Cl)Cl. The lowest BCUT2D eigenvalue weighted by Gasteiger charge is -2.26. The van der Waals surface area contributed by atoms with E-state index in [2.05, 4.69) is 18.7 Å². The molecule has 0 bridgehead atoms. The van der Waals surface area contributed by atoms with Gasteiger partial charge in [-0.05, 0) is 13.1 Å². The van der Waals surface area contributed by atoms with Crippen molar-refractivity contribution >= 4 is 33.4 Å². The summed E-state index contributed by atoms with van der Waals surface area (Å²) in [7, 11) is 1.04. The van der Waals surface area contributed by atoms with E-state index in [-0.39, 0.29) is 4.84 Å². The summed E-state index contributed by atoms with van der Waals surface area (Å²) in [5, 5.41) is 0. The third-order valence-electron chi connectivity index (χ3n) is 1.75. The zero-order valence-electron chi connectivity index (χ0n) is 6.77. The summed E-state index contributed by atoms with van der Waals surface area (Å²) in [6.45, 7) is 6.34. The van der Waals surface area contributed by atoms with Gasteiger partial charge in [0.2, 0.25) is 0 Å². The predicted molar refractivity (Wildman–Crippen MR) is 52.1 cm³/mol. The van der Waals surface area contributed by atoms with Gasteiger partial charge in [-0.1, -0.05) is 13.8 Å². The molecule has 10 heavy (non-hydrogen) atoms. The Hall–Kier alpha value is 0.757. The molecule has 0 spiro atoms. The monoisotopic (exact) mass is 199 g/mol. The van der Waals surface area contributed by atoms with E-state index in [0.29, 0.717) is 5.67 Å². The van der Waals surface area contributed by atoms with Crippen LogP contribution in [0.15, 0.2) is 0 Å². The Morgan fingerprint density at radius 1 is 1.30 bits per heavy atom. The molecule has 0 N–H and O–H groups in total. The molecule has 0 aromatic carbocycles. The molecule has 1 nitrogen and oxygen atoms in total. The first kappa shape index (κ1) is 10.8. The number of alkyl halides is 2. The molecule has 4 heteroatoms. The van der Waals surface area contributed by atoms with Crippen LogP contribution in [0.4, 0.5) is 0 Å². The van der Waals surface area contributed by atoms with Gasteiger partial charge in [0.1, 0.15) is 4.84 Å². The van der Waals surface area contributed by atoms with Crippen molar-refractivity contribution in [2.75, 3.05) is 13.1 Å². The summed E-state index contributed by atoms with van der Waals surface area (Å²) in [5.41, 5.74) is 0.401. The Kier molecular flexibility index (Phi) is 5.82. The van der Waals surface area contributed by atoms with E-state index in [4.69, 9.17) is 23.2 Å². The van der Waals surface area contributed by atoms with Crippen molar-refractivity contribution in [2.45, 2.75) is 24.3 Å². The predicted octanol–water partition coefficient (Wildman–Crippen LogP) is 0.823. The highest BCUT2D eigenvalue weighted by Gasteiger charge is 2.16. The Labute approximate surface area is 76.1 Å².